The van der Waals surface area contributed by atoms with Gasteiger partial charge in [-0.3, -0.25) is 0 Å². The molecular formula is C16H14N2O4. The minimum Gasteiger partial charge on any atom is -0.480 e. The first-order valence-corrected chi connectivity index (χ1v) is 6.76. The monoisotopic (exact) mass is 298 g/mol. The van der Waals surface area contributed by atoms with Crippen LogP contribution in [0.4, 0.5) is 5.88 Å². The maximum atomic E-state index is 11.4. The normalized spacial score (nSPS) is 12.0. The Morgan fingerprint density at radius 2 is 2.05 bits per heavy atom. The number of nitrogens with zero attached hydrogens (tertiary/aromatic N) is 1. The summed E-state index contributed by atoms with van der Waals surface area (Å²) in [5.74, 6) is -0.110. The van der Waals surface area contributed by atoms with Crippen LogP contribution in [0.1, 0.15) is 5.56 Å². The summed E-state index contributed by atoms with van der Waals surface area (Å²) >= 11 is 0. The highest BCUT2D eigenvalue weighted by Gasteiger charge is 2.20. The summed E-state index contributed by atoms with van der Waals surface area (Å²) in [6.07, 6.45) is 1.87. The molecule has 0 saturated heterocycles. The number of nitrogens with one attached hydrogen (secondary N) is 1. The van der Waals surface area contributed by atoms with E-state index in [0.717, 1.165) is 5.56 Å². The van der Waals surface area contributed by atoms with Gasteiger partial charge in [0.25, 0.3) is 0 Å². The number of hydrogen-bond donors (Lipinski definition) is 2. The maximum Gasteiger partial charge on any atom is 0.326 e. The first kappa shape index (κ1) is 13.9. The largest absolute Gasteiger partial charge is 0.480 e. The Hall–Kier alpha value is -3.02. The van der Waals surface area contributed by atoms with Gasteiger partial charge in [-0.2, -0.15) is 0 Å². The zero-order chi connectivity index (χ0) is 15.4. The first-order valence-electron chi connectivity index (χ1n) is 6.76. The van der Waals surface area contributed by atoms with Crippen molar-refractivity contribution in [1.82, 2.24) is 5.16 Å². The highest BCUT2D eigenvalue weighted by molar-refractivity contribution is 5.77. The Labute approximate surface area is 126 Å². The van der Waals surface area contributed by atoms with E-state index in [1.807, 2.05) is 30.3 Å². The van der Waals surface area contributed by atoms with Crippen molar-refractivity contribution in [2.75, 3.05) is 5.32 Å². The van der Waals surface area contributed by atoms with Crippen LogP contribution in [0.5, 0.6) is 0 Å². The molecule has 0 aliphatic rings. The molecule has 112 valence electrons. The fourth-order valence-corrected chi connectivity index (χ4v) is 2.11. The standard InChI is InChI=1S/C16H14N2O4/c19-16(20)13(9-11-5-2-1-3-6-11)17-15-10-12(18-22-15)14-7-4-8-21-14/h1-8,10,13,17H,9H2,(H,19,20)/t13-/m1/s1. The molecule has 6 nitrogen and oxygen atoms in total. The van der Waals surface area contributed by atoms with Crippen LogP contribution < -0.4 is 5.32 Å². The molecule has 0 radical (unpaired) electrons. The lowest BCUT2D eigenvalue weighted by Crippen LogP contribution is -2.31. The first-order chi connectivity index (χ1) is 10.7. The van der Waals surface area contributed by atoms with Gasteiger partial charge in [-0.1, -0.05) is 35.5 Å². The summed E-state index contributed by atoms with van der Waals surface area (Å²) in [6, 6.07) is 13.7. The molecular weight excluding hydrogens is 284 g/mol. The topological polar surface area (TPSA) is 88.5 Å². The lowest BCUT2D eigenvalue weighted by Gasteiger charge is -2.13. The molecule has 0 fully saturated rings. The van der Waals surface area contributed by atoms with Gasteiger partial charge in [-0.05, 0) is 17.7 Å². The van der Waals surface area contributed by atoms with Crippen molar-refractivity contribution in [1.29, 1.82) is 0 Å². The van der Waals surface area contributed by atoms with Crippen molar-refractivity contribution >= 4 is 11.9 Å². The predicted molar refractivity (Wildman–Crippen MR) is 79.4 cm³/mol. The van der Waals surface area contributed by atoms with Crippen molar-refractivity contribution in [2.24, 2.45) is 0 Å². The molecule has 6 heteroatoms. The fourth-order valence-electron chi connectivity index (χ4n) is 2.11. The number of rotatable bonds is 6. The zero-order valence-electron chi connectivity index (χ0n) is 11.6. The number of aromatic nitrogens is 1. The van der Waals surface area contributed by atoms with Crippen LogP contribution in [0.2, 0.25) is 0 Å². The SMILES string of the molecule is O=C(O)[C@@H](Cc1ccccc1)Nc1cc(-c2ccco2)no1. The Balaban J connectivity index is 1.73. The third kappa shape index (κ3) is 3.17. The number of furan rings is 1. The lowest BCUT2D eigenvalue weighted by atomic mass is 10.1. The van der Waals surface area contributed by atoms with Gasteiger partial charge in [0.05, 0.1) is 6.26 Å². The van der Waals surface area contributed by atoms with Crippen LogP contribution in [0.3, 0.4) is 0 Å². The third-order valence-corrected chi connectivity index (χ3v) is 3.18. The average molecular weight is 298 g/mol. The highest BCUT2D eigenvalue weighted by Crippen LogP contribution is 2.22. The van der Waals surface area contributed by atoms with Crippen molar-refractivity contribution in [2.45, 2.75) is 12.5 Å². The number of aliphatic carboxylic acids is 1. The predicted octanol–water partition coefficient (Wildman–Crippen LogP) is 3.04. The molecule has 0 spiro atoms. The maximum absolute atomic E-state index is 11.4. The second-order valence-electron chi connectivity index (χ2n) is 4.78. The van der Waals surface area contributed by atoms with E-state index in [4.69, 9.17) is 8.94 Å². The Bertz CT molecular complexity index is 735. The van der Waals surface area contributed by atoms with E-state index in [1.165, 1.54) is 6.26 Å². The smallest absolute Gasteiger partial charge is 0.326 e. The number of carboxylic acid groups (broad SMARTS) is 1. The molecule has 3 rings (SSSR count). The van der Waals surface area contributed by atoms with Gasteiger partial charge in [-0.15, -0.1) is 0 Å². The molecule has 0 aliphatic carbocycles. The molecule has 2 N–H and O–H groups in total. The van der Waals surface area contributed by atoms with E-state index in [2.05, 4.69) is 10.5 Å². The summed E-state index contributed by atoms with van der Waals surface area (Å²) < 4.78 is 10.3. The van der Waals surface area contributed by atoms with Gasteiger partial charge in [0.2, 0.25) is 5.88 Å². The molecule has 1 aromatic carbocycles. The van der Waals surface area contributed by atoms with E-state index >= 15 is 0 Å². The van der Waals surface area contributed by atoms with Gasteiger partial charge in [0, 0.05) is 12.5 Å². The summed E-state index contributed by atoms with van der Waals surface area (Å²) in [4.78, 5) is 11.4. The van der Waals surface area contributed by atoms with Gasteiger partial charge in [0.1, 0.15) is 6.04 Å². The zero-order valence-corrected chi connectivity index (χ0v) is 11.6. The summed E-state index contributed by atoms with van der Waals surface area (Å²) in [6.45, 7) is 0. The quantitative estimate of drug-likeness (QED) is 0.727. The van der Waals surface area contributed by atoms with Crippen LogP contribution in [-0.2, 0) is 11.2 Å². The van der Waals surface area contributed by atoms with Gasteiger partial charge >= 0.3 is 5.97 Å². The molecule has 0 unspecified atom stereocenters. The van der Waals surface area contributed by atoms with Gasteiger partial charge in [0.15, 0.2) is 11.5 Å². The van der Waals surface area contributed by atoms with Crippen LogP contribution in [0.25, 0.3) is 11.5 Å². The fraction of sp³-hybridized carbons (Fsp3) is 0.125. The molecule has 0 saturated carbocycles. The van der Waals surface area contributed by atoms with Gasteiger partial charge < -0.3 is 19.4 Å². The summed E-state index contributed by atoms with van der Waals surface area (Å²) in [5, 5.41) is 16.0. The Morgan fingerprint density at radius 1 is 1.23 bits per heavy atom. The molecule has 22 heavy (non-hydrogen) atoms. The van der Waals surface area contributed by atoms with Crippen LogP contribution in [0, 0.1) is 0 Å². The number of hydrogen-bond acceptors (Lipinski definition) is 5. The number of carbonyl (C=O) groups is 1. The molecule has 0 bridgehead atoms. The van der Waals surface area contributed by atoms with Crippen molar-refractivity contribution in [3.8, 4) is 11.5 Å². The second kappa shape index (κ2) is 6.17. The molecule has 1 atom stereocenters. The molecule has 3 aromatic rings. The highest BCUT2D eigenvalue weighted by atomic mass is 16.5. The average Bonchev–Trinajstić information content (AvgIpc) is 3.18. The summed E-state index contributed by atoms with van der Waals surface area (Å²) in [5.41, 5.74) is 1.43. The molecule has 0 aliphatic heterocycles. The Morgan fingerprint density at radius 3 is 2.73 bits per heavy atom. The third-order valence-electron chi connectivity index (χ3n) is 3.18. The minimum absolute atomic E-state index is 0.287. The van der Waals surface area contributed by atoms with Crippen LogP contribution >= 0.6 is 0 Å². The van der Waals surface area contributed by atoms with Crippen LogP contribution in [-0.4, -0.2) is 22.3 Å². The number of carboxylic acids is 1. The molecule has 2 heterocycles. The van der Waals surface area contributed by atoms with Crippen LogP contribution in [0.15, 0.2) is 63.7 Å². The summed E-state index contributed by atoms with van der Waals surface area (Å²) in [7, 11) is 0. The van der Waals surface area contributed by atoms with Gasteiger partial charge in [-0.25, -0.2) is 4.79 Å². The number of anilines is 1. The second-order valence-corrected chi connectivity index (χ2v) is 4.78. The number of benzene rings is 1. The van der Waals surface area contributed by atoms with Crippen molar-refractivity contribution < 1.29 is 18.8 Å². The van der Waals surface area contributed by atoms with E-state index in [-0.39, 0.29) is 5.88 Å². The lowest BCUT2D eigenvalue weighted by molar-refractivity contribution is -0.137. The Kier molecular flexibility index (Phi) is 3.91. The van der Waals surface area contributed by atoms with E-state index < -0.39 is 12.0 Å². The molecule has 0 amide bonds. The van der Waals surface area contributed by atoms with Crippen molar-refractivity contribution in [3.63, 3.8) is 0 Å². The van der Waals surface area contributed by atoms with E-state index in [1.54, 1.807) is 18.2 Å². The minimum atomic E-state index is -0.959. The van der Waals surface area contributed by atoms with E-state index in [0.29, 0.717) is 17.9 Å². The van der Waals surface area contributed by atoms with Crippen molar-refractivity contribution in [3.05, 3.63) is 60.4 Å². The van der Waals surface area contributed by atoms with E-state index in [9.17, 15) is 9.90 Å². The molecule has 2 aromatic heterocycles.